The van der Waals surface area contributed by atoms with Crippen molar-refractivity contribution < 1.29 is 9.13 Å². The Labute approximate surface area is 99.3 Å². The predicted molar refractivity (Wildman–Crippen MR) is 64.4 cm³/mol. The maximum Gasteiger partial charge on any atom is 0.123 e. The van der Waals surface area contributed by atoms with Crippen LogP contribution in [0, 0.1) is 5.82 Å². The quantitative estimate of drug-likeness (QED) is 0.797. The van der Waals surface area contributed by atoms with Crippen molar-refractivity contribution in [2.24, 2.45) is 0 Å². The molecule has 0 saturated carbocycles. The van der Waals surface area contributed by atoms with Crippen LogP contribution in [0.2, 0.25) is 0 Å². The fourth-order valence-corrected chi connectivity index (χ4v) is 1.44. The molecule has 0 heterocycles. The summed E-state index contributed by atoms with van der Waals surface area (Å²) in [7, 11) is 0. The highest BCUT2D eigenvalue weighted by molar-refractivity contribution is 7.80. The maximum absolute atomic E-state index is 12.6. The minimum atomic E-state index is -0.258. The Hall–Kier alpha value is -1.48. The third-order valence-corrected chi connectivity index (χ3v) is 2.45. The molecule has 0 fully saturated rings. The van der Waals surface area contributed by atoms with Gasteiger partial charge in [0.2, 0.25) is 0 Å². The molecule has 0 saturated heterocycles. The number of rotatable bonds is 3. The lowest BCUT2D eigenvalue weighted by molar-refractivity contribution is 0.305. The molecular weight excluding hydrogens is 223 g/mol. The second-order valence-corrected chi connectivity index (χ2v) is 3.93. The van der Waals surface area contributed by atoms with Gasteiger partial charge in [-0.25, -0.2) is 4.39 Å². The summed E-state index contributed by atoms with van der Waals surface area (Å²) in [4.78, 5) is 0.922. The zero-order valence-corrected chi connectivity index (χ0v) is 9.45. The minimum absolute atomic E-state index is 0.258. The smallest absolute Gasteiger partial charge is 0.123 e. The standard InChI is InChI=1S/C13H11FOS/c14-11-3-5-12(6-4-11)15-9-10-1-7-13(16)8-2-10/h1-8,16H,9H2. The molecule has 82 valence electrons. The molecule has 0 N–H and O–H groups in total. The van der Waals surface area contributed by atoms with Gasteiger partial charge in [-0.3, -0.25) is 0 Å². The molecule has 0 unspecified atom stereocenters. The van der Waals surface area contributed by atoms with E-state index < -0.39 is 0 Å². The zero-order chi connectivity index (χ0) is 11.4. The van der Waals surface area contributed by atoms with Gasteiger partial charge in [0.1, 0.15) is 18.2 Å². The molecule has 2 aromatic rings. The summed E-state index contributed by atoms with van der Waals surface area (Å²) in [5, 5.41) is 0. The van der Waals surface area contributed by atoms with Gasteiger partial charge in [-0.15, -0.1) is 12.6 Å². The lowest BCUT2D eigenvalue weighted by Crippen LogP contribution is -1.94. The van der Waals surface area contributed by atoms with E-state index in [0.717, 1.165) is 10.5 Å². The van der Waals surface area contributed by atoms with Gasteiger partial charge in [0.25, 0.3) is 0 Å². The molecule has 0 aliphatic carbocycles. The molecule has 1 nitrogen and oxygen atoms in total. The molecule has 16 heavy (non-hydrogen) atoms. The molecule has 0 aliphatic heterocycles. The van der Waals surface area contributed by atoms with Crippen LogP contribution in [-0.2, 0) is 6.61 Å². The number of hydrogen-bond acceptors (Lipinski definition) is 2. The molecular formula is C13H11FOS. The first-order valence-electron chi connectivity index (χ1n) is 4.90. The number of benzene rings is 2. The van der Waals surface area contributed by atoms with Crippen LogP contribution in [0.5, 0.6) is 5.75 Å². The lowest BCUT2D eigenvalue weighted by atomic mass is 10.2. The first kappa shape index (κ1) is 11.0. The van der Waals surface area contributed by atoms with Crippen molar-refractivity contribution in [2.45, 2.75) is 11.5 Å². The van der Waals surface area contributed by atoms with Crippen molar-refractivity contribution in [3.63, 3.8) is 0 Å². The lowest BCUT2D eigenvalue weighted by Gasteiger charge is -2.06. The van der Waals surface area contributed by atoms with Gasteiger partial charge in [0.15, 0.2) is 0 Å². The van der Waals surface area contributed by atoms with Crippen LogP contribution in [-0.4, -0.2) is 0 Å². The molecule has 3 heteroatoms. The highest BCUT2D eigenvalue weighted by Gasteiger charge is 1.96. The van der Waals surface area contributed by atoms with Crippen LogP contribution in [0.25, 0.3) is 0 Å². The van der Waals surface area contributed by atoms with E-state index in [2.05, 4.69) is 12.6 Å². The van der Waals surface area contributed by atoms with Crippen LogP contribution < -0.4 is 4.74 Å². The summed E-state index contributed by atoms with van der Waals surface area (Å²) < 4.78 is 18.1. The Kier molecular flexibility index (Phi) is 3.47. The zero-order valence-electron chi connectivity index (χ0n) is 8.56. The fourth-order valence-electron chi connectivity index (χ4n) is 1.29. The number of thiol groups is 1. The maximum atomic E-state index is 12.6. The molecule has 0 bridgehead atoms. The Morgan fingerprint density at radius 3 is 2.19 bits per heavy atom. The highest BCUT2D eigenvalue weighted by atomic mass is 32.1. The van der Waals surface area contributed by atoms with Crippen molar-refractivity contribution in [1.82, 2.24) is 0 Å². The van der Waals surface area contributed by atoms with Crippen molar-refractivity contribution >= 4 is 12.6 Å². The summed E-state index contributed by atoms with van der Waals surface area (Å²) >= 11 is 4.20. The van der Waals surface area contributed by atoms with Gasteiger partial charge in [-0.2, -0.15) is 0 Å². The second kappa shape index (κ2) is 5.03. The van der Waals surface area contributed by atoms with Gasteiger partial charge >= 0.3 is 0 Å². The van der Waals surface area contributed by atoms with Crippen LogP contribution in [0.1, 0.15) is 5.56 Å². The van der Waals surface area contributed by atoms with Gasteiger partial charge < -0.3 is 4.74 Å². The van der Waals surface area contributed by atoms with E-state index in [0.29, 0.717) is 12.4 Å². The third-order valence-electron chi connectivity index (χ3n) is 2.16. The largest absolute Gasteiger partial charge is 0.489 e. The SMILES string of the molecule is Fc1ccc(OCc2ccc(S)cc2)cc1. The molecule has 2 rings (SSSR count). The first-order chi connectivity index (χ1) is 7.74. The average molecular weight is 234 g/mol. The third kappa shape index (κ3) is 3.00. The molecule has 0 aromatic heterocycles. The van der Waals surface area contributed by atoms with Crippen molar-refractivity contribution in [3.05, 3.63) is 59.9 Å². The molecule has 0 amide bonds. The average Bonchev–Trinajstić information content (AvgIpc) is 2.30. The Morgan fingerprint density at radius 1 is 0.938 bits per heavy atom. The minimum Gasteiger partial charge on any atom is -0.489 e. The van der Waals surface area contributed by atoms with Crippen LogP contribution in [0.15, 0.2) is 53.4 Å². The second-order valence-electron chi connectivity index (χ2n) is 3.41. The van der Waals surface area contributed by atoms with E-state index in [1.807, 2.05) is 24.3 Å². The highest BCUT2D eigenvalue weighted by Crippen LogP contribution is 2.14. The summed E-state index contributed by atoms with van der Waals surface area (Å²) in [6.07, 6.45) is 0. The molecule has 0 aliphatic rings. The summed E-state index contributed by atoms with van der Waals surface area (Å²) in [6.45, 7) is 0.472. The van der Waals surface area contributed by atoms with Crippen LogP contribution in [0.3, 0.4) is 0 Å². The van der Waals surface area contributed by atoms with Gasteiger partial charge in [0.05, 0.1) is 0 Å². The van der Waals surface area contributed by atoms with Crippen LogP contribution in [0.4, 0.5) is 4.39 Å². The van der Waals surface area contributed by atoms with E-state index in [9.17, 15) is 4.39 Å². The van der Waals surface area contributed by atoms with Crippen molar-refractivity contribution in [3.8, 4) is 5.75 Å². The Balaban J connectivity index is 1.97. The van der Waals surface area contributed by atoms with Gasteiger partial charge in [-0.1, -0.05) is 12.1 Å². The molecule has 0 spiro atoms. The Morgan fingerprint density at radius 2 is 1.56 bits per heavy atom. The van der Waals surface area contributed by atoms with E-state index >= 15 is 0 Å². The normalized spacial score (nSPS) is 10.1. The van der Waals surface area contributed by atoms with Crippen molar-refractivity contribution in [2.75, 3.05) is 0 Å². The van der Waals surface area contributed by atoms with Crippen molar-refractivity contribution in [1.29, 1.82) is 0 Å². The first-order valence-corrected chi connectivity index (χ1v) is 5.35. The van der Waals surface area contributed by atoms with E-state index in [1.54, 1.807) is 12.1 Å². The number of halogens is 1. The van der Waals surface area contributed by atoms with E-state index in [-0.39, 0.29) is 5.82 Å². The number of ether oxygens (including phenoxy) is 1. The molecule has 0 atom stereocenters. The fraction of sp³-hybridized carbons (Fsp3) is 0.0769. The topological polar surface area (TPSA) is 9.23 Å². The molecule has 2 aromatic carbocycles. The van der Waals surface area contributed by atoms with E-state index in [1.165, 1.54) is 12.1 Å². The van der Waals surface area contributed by atoms with Crippen LogP contribution >= 0.6 is 12.6 Å². The predicted octanol–water partition coefficient (Wildman–Crippen LogP) is 3.69. The monoisotopic (exact) mass is 234 g/mol. The summed E-state index contributed by atoms with van der Waals surface area (Å²) in [6, 6.07) is 13.7. The van der Waals surface area contributed by atoms with Gasteiger partial charge in [-0.05, 0) is 42.0 Å². The number of hydrogen-bond donors (Lipinski definition) is 1. The summed E-state index contributed by atoms with van der Waals surface area (Å²) in [5.41, 5.74) is 1.06. The van der Waals surface area contributed by atoms with Gasteiger partial charge in [0, 0.05) is 4.90 Å². The Bertz CT molecular complexity index is 405. The van der Waals surface area contributed by atoms with E-state index in [4.69, 9.17) is 4.74 Å². The summed E-state index contributed by atoms with van der Waals surface area (Å²) in [5.74, 6) is 0.406. The molecule has 0 radical (unpaired) electrons.